The number of carbonyl (C=O) groups excluding carboxylic acids is 2. The molecule has 0 bridgehead atoms. The monoisotopic (exact) mass is 379 g/mol. The van der Waals surface area contributed by atoms with Crippen LogP contribution in [0.2, 0.25) is 0 Å². The predicted octanol–water partition coefficient (Wildman–Crippen LogP) is 3.35. The third-order valence-corrected chi connectivity index (χ3v) is 5.46. The highest BCUT2D eigenvalue weighted by atomic mass is 16.2. The zero-order chi connectivity index (χ0) is 19.9. The Morgan fingerprint density at radius 1 is 1.04 bits per heavy atom. The average molecular weight is 380 g/mol. The number of anilines is 1. The average Bonchev–Trinajstić information content (AvgIpc) is 2.74. The first kappa shape index (κ1) is 20.1. The summed E-state index contributed by atoms with van der Waals surface area (Å²) in [5.74, 6) is 0.128. The Morgan fingerprint density at radius 3 is 2.32 bits per heavy atom. The van der Waals surface area contributed by atoms with Gasteiger partial charge in [-0.25, -0.2) is 0 Å². The van der Waals surface area contributed by atoms with Gasteiger partial charge in [0.1, 0.15) is 0 Å². The fourth-order valence-corrected chi connectivity index (χ4v) is 3.53. The number of likely N-dealkylation sites (tertiary alicyclic amines) is 1. The zero-order valence-corrected chi connectivity index (χ0v) is 16.7. The third kappa shape index (κ3) is 5.42. The maximum Gasteiger partial charge on any atom is 0.241 e. The minimum Gasteiger partial charge on any atom is -0.352 e. The lowest BCUT2D eigenvalue weighted by atomic mass is 9.94. The summed E-state index contributed by atoms with van der Waals surface area (Å²) in [6, 6.07) is 17.5. The van der Waals surface area contributed by atoms with Crippen LogP contribution in [-0.4, -0.2) is 35.8 Å². The van der Waals surface area contributed by atoms with Crippen molar-refractivity contribution in [1.29, 1.82) is 0 Å². The van der Waals surface area contributed by atoms with Gasteiger partial charge in [0.15, 0.2) is 0 Å². The summed E-state index contributed by atoms with van der Waals surface area (Å²) in [5, 5.41) is 6.01. The van der Waals surface area contributed by atoms with Crippen molar-refractivity contribution in [3.05, 3.63) is 65.7 Å². The van der Waals surface area contributed by atoms with E-state index in [0.29, 0.717) is 6.54 Å². The van der Waals surface area contributed by atoms with Crippen LogP contribution in [0.1, 0.15) is 30.9 Å². The SMILES string of the molecule is Cc1ccc(NC(=O)[C@H](C)N2CCC(C(=O)NCc3ccccc3)CC2)cc1. The Morgan fingerprint density at radius 2 is 1.68 bits per heavy atom. The van der Waals surface area contributed by atoms with E-state index in [4.69, 9.17) is 0 Å². The van der Waals surface area contributed by atoms with Crippen LogP contribution in [0, 0.1) is 12.8 Å². The van der Waals surface area contributed by atoms with E-state index in [1.165, 1.54) is 5.56 Å². The quantitative estimate of drug-likeness (QED) is 0.809. The molecule has 0 aliphatic carbocycles. The molecule has 0 saturated carbocycles. The Kier molecular flexibility index (Phi) is 6.82. The first-order valence-electron chi connectivity index (χ1n) is 9.96. The number of carbonyl (C=O) groups is 2. The maximum absolute atomic E-state index is 12.5. The smallest absolute Gasteiger partial charge is 0.241 e. The lowest BCUT2D eigenvalue weighted by molar-refractivity contribution is -0.127. The normalized spacial score (nSPS) is 16.4. The highest BCUT2D eigenvalue weighted by molar-refractivity contribution is 5.94. The molecule has 1 aliphatic rings. The van der Waals surface area contributed by atoms with Gasteiger partial charge in [-0.3, -0.25) is 14.5 Å². The fraction of sp³-hybridized carbons (Fsp3) is 0.391. The number of hydrogen-bond acceptors (Lipinski definition) is 3. The van der Waals surface area contributed by atoms with Gasteiger partial charge in [-0.05, 0) is 57.5 Å². The summed E-state index contributed by atoms with van der Waals surface area (Å²) in [6.45, 7) is 6.03. The number of benzene rings is 2. The molecule has 0 radical (unpaired) electrons. The lowest BCUT2D eigenvalue weighted by Crippen LogP contribution is -2.48. The van der Waals surface area contributed by atoms with Gasteiger partial charge >= 0.3 is 0 Å². The molecule has 3 rings (SSSR count). The van der Waals surface area contributed by atoms with E-state index in [1.807, 2.05) is 68.4 Å². The van der Waals surface area contributed by atoms with Crippen molar-refractivity contribution in [2.24, 2.45) is 5.92 Å². The molecule has 2 amide bonds. The molecule has 1 atom stereocenters. The van der Waals surface area contributed by atoms with E-state index in [2.05, 4.69) is 15.5 Å². The topological polar surface area (TPSA) is 61.4 Å². The van der Waals surface area contributed by atoms with Crippen LogP contribution in [-0.2, 0) is 16.1 Å². The van der Waals surface area contributed by atoms with Crippen LogP contribution in [0.4, 0.5) is 5.69 Å². The molecule has 5 heteroatoms. The molecule has 2 aromatic rings. The molecule has 1 fully saturated rings. The highest BCUT2D eigenvalue weighted by Gasteiger charge is 2.29. The molecule has 0 unspecified atom stereocenters. The first-order chi connectivity index (χ1) is 13.5. The second-order valence-electron chi connectivity index (χ2n) is 7.54. The minimum absolute atomic E-state index is 0.00386. The van der Waals surface area contributed by atoms with E-state index in [9.17, 15) is 9.59 Å². The fourth-order valence-electron chi connectivity index (χ4n) is 3.53. The molecule has 1 heterocycles. The number of nitrogens with zero attached hydrogens (tertiary/aromatic N) is 1. The van der Waals surface area contributed by atoms with Crippen LogP contribution >= 0.6 is 0 Å². The van der Waals surface area contributed by atoms with Gasteiger partial charge in [0.2, 0.25) is 11.8 Å². The van der Waals surface area contributed by atoms with Gasteiger partial charge in [0.25, 0.3) is 0 Å². The lowest BCUT2D eigenvalue weighted by Gasteiger charge is -2.34. The molecular weight excluding hydrogens is 350 g/mol. The number of hydrogen-bond donors (Lipinski definition) is 2. The molecule has 0 aromatic heterocycles. The largest absolute Gasteiger partial charge is 0.352 e. The van der Waals surface area contributed by atoms with Crippen LogP contribution in [0.5, 0.6) is 0 Å². The highest BCUT2D eigenvalue weighted by Crippen LogP contribution is 2.20. The molecule has 2 N–H and O–H groups in total. The van der Waals surface area contributed by atoms with Crippen molar-refractivity contribution in [3.63, 3.8) is 0 Å². The molecule has 1 saturated heterocycles. The molecule has 0 spiro atoms. The minimum atomic E-state index is -0.213. The molecular formula is C23H29N3O2. The second kappa shape index (κ2) is 9.51. The Hall–Kier alpha value is -2.66. The molecule has 1 aliphatic heterocycles. The van der Waals surface area contributed by atoms with Gasteiger partial charge in [0, 0.05) is 18.2 Å². The summed E-state index contributed by atoms with van der Waals surface area (Å²) in [4.78, 5) is 27.1. The standard InChI is InChI=1S/C23H29N3O2/c1-17-8-10-21(11-9-17)25-22(27)18(2)26-14-12-20(13-15-26)23(28)24-16-19-6-4-3-5-7-19/h3-11,18,20H,12-16H2,1-2H3,(H,24,28)(H,25,27)/t18-/m0/s1. The summed E-state index contributed by atoms with van der Waals surface area (Å²) < 4.78 is 0. The van der Waals surface area contributed by atoms with Gasteiger partial charge in [-0.2, -0.15) is 0 Å². The van der Waals surface area contributed by atoms with Crippen LogP contribution in [0.3, 0.4) is 0 Å². The van der Waals surface area contributed by atoms with Crippen molar-refractivity contribution >= 4 is 17.5 Å². The number of aryl methyl sites for hydroxylation is 1. The van der Waals surface area contributed by atoms with Crippen molar-refractivity contribution < 1.29 is 9.59 Å². The van der Waals surface area contributed by atoms with Crippen molar-refractivity contribution in [1.82, 2.24) is 10.2 Å². The van der Waals surface area contributed by atoms with Gasteiger partial charge < -0.3 is 10.6 Å². The number of piperidine rings is 1. The summed E-state index contributed by atoms with van der Waals surface area (Å²) in [6.07, 6.45) is 1.56. The van der Waals surface area contributed by atoms with Gasteiger partial charge in [-0.1, -0.05) is 48.0 Å². The molecule has 148 valence electrons. The van der Waals surface area contributed by atoms with Crippen molar-refractivity contribution in [2.75, 3.05) is 18.4 Å². The van der Waals surface area contributed by atoms with Crippen molar-refractivity contribution in [2.45, 2.75) is 39.3 Å². The number of rotatable bonds is 6. The second-order valence-corrected chi connectivity index (χ2v) is 7.54. The Balaban J connectivity index is 1.44. The number of nitrogens with one attached hydrogen (secondary N) is 2. The van der Waals surface area contributed by atoms with Crippen LogP contribution in [0.15, 0.2) is 54.6 Å². The predicted molar refractivity (Wildman–Crippen MR) is 112 cm³/mol. The third-order valence-electron chi connectivity index (χ3n) is 5.46. The molecule has 28 heavy (non-hydrogen) atoms. The Bertz CT molecular complexity index is 781. The summed E-state index contributed by atoms with van der Waals surface area (Å²) in [7, 11) is 0. The van der Waals surface area contributed by atoms with E-state index < -0.39 is 0 Å². The van der Waals surface area contributed by atoms with Gasteiger partial charge in [-0.15, -0.1) is 0 Å². The first-order valence-corrected chi connectivity index (χ1v) is 9.96. The summed E-state index contributed by atoms with van der Waals surface area (Å²) >= 11 is 0. The molecule has 5 nitrogen and oxygen atoms in total. The van der Waals surface area contributed by atoms with Crippen LogP contribution in [0.25, 0.3) is 0 Å². The van der Waals surface area contributed by atoms with Crippen molar-refractivity contribution in [3.8, 4) is 0 Å². The molecule has 2 aromatic carbocycles. The van der Waals surface area contributed by atoms with E-state index in [-0.39, 0.29) is 23.8 Å². The summed E-state index contributed by atoms with van der Waals surface area (Å²) in [5.41, 5.74) is 3.09. The van der Waals surface area contributed by atoms with Crippen LogP contribution < -0.4 is 10.6 Å². The van der Waals surface area contributed by atoms with E-state index in [1.54, 1.807) is 0 Å². The van der Waals surface area contributed by atoms with E-state index in [0.717, 1.165) is 37.2 Å². The zero-order valence-electron chi connectivity index (χ0n) is 16.7. The Labute approximate surface area is 167 Å². The van der Waals surface area contributed by atoms with E-state index >= 15 is 0 Å². The number of amides is 2. The van der Waals surface area contributed by atoms with Gasteiger partial charge in [0.05, 0.1) is 6.04 Å². The maximum atomic E-state index is 12.5.